The maximum absolute atomic E-state index is 13.1. The van der Waals surface area contributed by atoms with E-state index in [0.29, 0.717) is 19.1 Å². The highest BCUT2D eigenvalue weighted by Crippen LogP contribution is 2.43. The second-order valence-corrected chi connectivity index (χ2v) is 6.52. The molecule has 1 fully saturated rings. The van der Waals surface area contributed by atoms with Crippen LogP contribution in [0.3, 0.4) is 0 Å². The summed E-state index contributed by atoms with van der Waals surface area (Å²) in [5, 5.41) is 3.01. The minimum atomic E-state index is -0.452. The van der Waals surface area contributed by atoms with E-state index >= 15 is 0 Å². The van der Waals surface area contributed by atoms with Gasteiger partial charge in [-0.05, 0) is 42.9 Å². The van der Waals surface area contributed by atoms with Crippen molar-refractivity contribution in [3.63, 3.8) is 0 Å². The van der Waals surface area contributed by atoms with Crippen LogP contribution in [0.4, 0.5) is 4.39 Å². The van der Waals surface area contributed by atoms with Crippen molar-refractivity contribution < 1.29 is 13.9 Å². The van der Waals surface area contributed by atoms with Crippen LogP contribution in [0.2, 0.25) is 0 Å². The van der Waals surface area contributed by atoms with Crippen LogP contribution in [0.5, 0.6) is 0 Å². The minimum absolute atomic E-state index is 0.0641. The molecule has 3 nitrogen and oxygen atoms in total. The quantitative estimate of drug-likeness (QED) is 0.747. The van der Waals surface area contributed by atoms with Crippen LogP contribution in [0.1, 0.15) is 45.1 Å². The van der Waals surface area contributed by atoms with Crippen molar-refractivity contribution in [3.8, 4) is 0 Å². The van der Waals surface area contributed by atoms with Crippen LogP contribution in [0.15, 0.2) is 24.3 Å². The van der Waals surface area contributed by atoms with Gasteiger partial charge in [0, 0.05) is 19.8 Å². The van der Waals surface area contributed by atoms with Gasteiger partial charge in [0.25, 0.3) is 0 Å². The molecule has 0 unspecified atom stereocenters. The average Bonchev–Trinajstić information content (AvgIpc) is 2.43. The summed E-state index contributed by atoms with van der Waals surface area (Å²) in [5.41, 5.74) is 0.473. The maximum atomic E-state index is 13.1. The van der Waals surface area contributed by atoms with Crippen molar-refractivity contribution in [1.82, 2.24) is 5.32 Å². The molecule has 1 aromatic rings. The predicted octanol–water partition coefficient (Wildman–Crippen LogP) is 3.43. The number of nitrogens with one attached hydrogen (secondary N) is 1. The number of benzene rings is 1. The Labute approximate surface area is 132 Å². The molecule has 22 heavy (non-hydrogen) atoms. The second-order valence-electron chi connectivity index (χ2n) is 6.52. The first kappa shape index (κ1) is 16.9. The molecule has 0 atom stereocenters. The summed E-state index contributed by atoms with van der Waals surface area (Å²) in [6, 6.07) is 6.34. The molecule has 1 aromatic carbocycles. The summed E-state index contributed by atoms with van der Waals surface area (Å²) < 4.78 is 18.6. The largest absolute Gasteiger partial charge is 0.381 e. The van der Waals surface area contributed by atoms with Gasteiger partial charge in [0.1, 0.15) is 5.82 Å². The smallest absolute Gasteiger partial charge is 0.230 e. The molecule has 122 valence electrons. The van der Waals surface area contributed by atoms with E-state index in [1.54, 1.807) is 12.1 Å². The first-order valence-electron chi connectivity index (χ1n) is 8.17. The lowest BCUT2D eigenvalue weighted by Gasteiger charge is -2.40. The number of carbonyl (C=O) groups is 1. The van der Waals surface area contributed by atoms with Gasteiger partial charge in [-0.1, -0.05) is 32.4 Å². The first-order chi connectivity index (χ1) is 10.5. The van der Waals surface area contributed by atoms with Crippen LogP contribution in [0, 0.1) is 11.7 Å². The molecular weight excluding hydrogens is 281 g/mol. The molecule has 0 radical (unpaired) electrons. The highest BCUT2D eigenvalue weighted by atomic mass is 19.1. The topological polar surface area (TPSA) is 38.3 Å². The highest BCUT2D eigenvalue weighted by Gasteiger charge is 2.45. The fourth-order valence-electron chi connectivity index (χ4n) is 2.81. The zero-order valence-electron chi connectivity index (χ0n) is 13.5. The summed E-state index contributed by atoms with van der Waals surface area (Å²) in [7, 11) is 0. The van der Waals surface area contributed by atoms with Crippen molar-refractivity contribution in [1.29, 1.82) is 0 Å². The number of amides is 1. The Hall–Kier alpha value is -1.42. The molecular formula is C18H26FNO2. The average molecular weight is 307 g/mol. The molecule has 1 saturated carbocycles. The van der Waals surface area contributed by atoms with Gasteiger partial charge in [-0.25, -0.2) is 4.39 Å². The van der Waals surface area contributed by atoms with Gasteiger partial charge in [-0.15, -0.1) is 0 Å². The van der Waals surface area contributed by atoms with Gasteiger partial charge in [0.15, 0.2) is 0 Å². The van der Waals surface area contributed by atoms with Crippen molar-refractivity contribution in [2.75, 3.05) is 19.8 Å². The molecule has 0 saturated heterocycles. The van der Waals surface area contributed by atoms with Crippen molar-refractivity contribution in [3.05, 3.63) is 35.6 Å². The molecule has 1 amide bonds. The molecule has 0 heterocycles. The van der Waals surface area contributed by atoms with E-state index in [1.165, 1.54) is 12.1 Å². The van der Waals surface area contributed by atoms with Gasteiger partial charge >= 0.3 is 0 Å². The normalized spacial score (nSPS) is 16.4. The van der Waals surface area contributed by atoms with Gasteiger partial charge in [-0.3, -0.25) is 4.79 Å². The molecule has 0 aliphatic heterocycles. The molecule has 0 aromatic heterocycles. The van der Waals surface area contributed by atoms with E-state index in [4.69, 9.17) is 4.74 Å². The Bertz CT molecular complexity index is 480. The first-order valence-corrected chi connectivity index (χ1v) is 8.17. The number of halogens is 1. The Kier molecular flexibility index (Phi) is 5.95. The third-order valence-electron chi connectivity index (χ3n) is 4.24. The standard InChI is InChI=1S/C18H26FNO2/c1-14(2)13-22-12-4-11-20-17(21)18(9-3-10-18)15-5-7-16(19)8-6-15/h5-8,14H,3-4,9-13H2,1-2H3,(H,20,21). The minimum Gasteiger partial charge on any atom is -0.381 e. The van der Waals surface area contributed by atoms with Crippen molar-refractivity contribution >= 4 is 5.91 Å². The lowest BCUT2D eigenvalue weighted by atomic mass is 9.64. The van der Waals surface area contributed by atoms with Gasteiger partial charge in [0.05, 0.1) is 5.41 Å². The summed E-state index contributed by atoms with van der Waals surface area (Å²) >= 11 is 0. The zero-order valence-corrected chi connectivity index (χ0v) is 13.5. The van der Waals surface area contributed by atoms with Gasteiger partial charge < -0.3 is 10.1 Å². The molecule has 1 N–H and O–H groups in total. The van der Waals surface area contributed by atoms with E-state index in [1.807, 2.05) is 0 Å². The third kappa shape index (κ3) is 4.07. The van der Waals surface area contributed by atoms with Crippen LogP contribution in [0.25, 0.3) is 0 Å². The number of hydrogen-bond acceptors (Lipinski definition) is 2. The fraction of sp³-hybridized carbons (Fsp3) is 0.611. The Morgan fingerprint density at radius 3 is 2.55 bits per heavy atom. The van der Waals surface area contributed by atoms with E-state index in [2.05, 4.69) is 19.2 Å². The van der Waals surface area contributed by atoms with Gasteiger partial charge in [-0.2, -0.15) is 0 Å². The van der Waals surface area contributed by atoms with E-state index in [9.17, 15) is 9.18 Å². The number of rotatable bonds is 8. The van der Waals surface area contributed by atoms with E-state index in [0.717, 1.165) is 37.9 Å². The summed E-state index contributed by atoms with van der Waals surface area (Å²) in [6.07, 6.45) is 3.54. The molecule has 1 aliphatic carbocycles. The summed E-state index contributed by atoms with van der Waals surface area (Å²) in [6.45, 7) is 6.28. The Morgan fingerprint density at radius 2 is 2.00 bits per heavy atom. The van der Waals surface area contributed by atoms with Crippen molar-refractivity contribution in [2.45, 2.75) is 44.9 Å². The summed E-state index contributed by atoms with van der Waals surface area (Å²) in [5.74, 6) is 0.335. The lowest BCUT2D eigenvalue weighted by molar-refractivity contribution is -0.130. The molecule has 1 aliphatic rings. The number of ether oxygens (including phenoxy) is 1. The molecule has 0 spiro atoms. The predicted molar refractivity (Wildman–Crippen MR) is 85.2 cm³/mol. The fourth-order valence-corrected chi connectivity index (χ4v) is 2.81. The third-order valence-corrected chi connectivity index (χ3v) is 4.24. The van der Waals surface area contributed by atoms with Gasteiger partial charge in [0.2, 0.25) is 5.91 Å². The number of hydrogen-bond donors (Lipinski definition) is 1. The summed E-state index contributed by atoms with van der Waals surface area (Å²) in [4.78, 5) is 12.5. The monoisotopic (exact) mass is 307 g/mol. The molecule has 4 heteroatoms. The van der Waals surface area contributed by atoms with E-state index < -0.39 is 5.41 Å². The van der Waals surface area contributed by atoms with E-state index in [-0.39, 0.29) is 11.7 Å². The van der Waals surface area contributed by atoms with Crippen LogP contribution in [-0.2, 0) is 14.9 Å². The maximum Gasteiger partial charge on any atom is 0.230 e. The molecule has 0 bridgehead atoms. The lowest BCUT2D eigenvalue weighted by Crippen LogP contribution is -2.49. The van der Waals surface area contributed by atoms with Crippen LogP contribution >= 0.6 is 0 Å². The number of carbonyl (C=O) groups excluding carboxylic acids is 1. The van der Waals surface area contributed by atoms with Crippen LogP contribution in [-0.4, -0.2) is 25.7 Å². The Balaban J connectivity index is 1.81. The molecule has 2 rings (SSSR count). The highest BCUT2D eigenvalue weighted by molar-refractivity contribution is 5.89. The Morgan fingerprint density at radius 1 is 1.32 bits per heavy atom. The van der Waals surface area contributed by atoms with Crippen molar-refractivity contribution in [2.24, 2.45) is 5.92 Å². The SMILES string of the molecule is CC(C)COCCCNC(=O)C1(c2ccc(F)cc2)CCC1. The second kappa shape index (κ2) is 7.73. The zero-order chi connectivity index (χ0) is 16.0. The van der Waals surface area contributed by atoms with Crippen LogP contribution < -0.4 is 5.32 Å².